The largest absolute Gasteiger partial charge is 0.471 e. The van der Waals surface area contributed by atoms with E-state index in [-0.39, 0.29) is 0 Å². The van der Waals surface area contributed by atoms with Gasteiger partial charge in [0.15, 0.2) is 0 Å². The molecule has 5 rings (SSSR count). The van der Waals surface area contributed by atoms with Gasteiger partial charge in [-0.2, -0.15) is 0 Å². The van der Waals surface area contributed by atoms with Gasteiger partial charge in [-0.05, 0) is 90.2 Å². The van der Waals surface area contributed by atoms with E-state index in [9.17, 15) is 0 Å². The van der Waals surface area contributed by atoms with E-state index in [4.69, 9.17) is 9.15 Å². The molecule has 0 unspecified atom stereocenters. The van der Waals surface area contributed by atoms with Gasteiger partial charge >= 0.3 is 0 Å². The van der Waals surface area contributed by atoms with E-state index in [2.05, 4.69) is 130 Å². The third-order valence-corrected chi connectivity index (χ3v) is 23.7. The van der Waals surface area contributed by atoms with Gasteiger partial charge in [0.05, 0.1) is 25.7 Å². The van der Waals surface area contributed by atoms with Gasteiger partial charge in [-0.25, -0.2) is 0 Å². The summed E-state index contributed by atoms with van der Waals surface area (Å²) in [5.74, 6) is 7.84. The minimum Gasteiger partial charge on any atom is -0.471 e. The summed E-state index contributed by atoms with van der Waals surface area (Å²) in [7, 11) is -3.93. The number of hydrogen-bond donors (Lipinski definition) is 0. The van der Waals surface area contributed by atoms with Crippen molar-refractivity contribution in [1.29, 1.82) is 0 Å². The summed E-state index contributed by atoms with van der Waals surface area (Å²) in [6.07, 6.45) is 3.73. The zero-order valence-electron chi connectivity index (χ0n) is 29.2. The molecular formula is C40H52O2Si2. The fraction of sp³-hybridized carbons (Fsp3) is 0.500. The molecule has 2 nitrogen and oxygen atoms in total. The molecule has 4 heteroatoms. The molecule has 0 spiro atoms. The van der Waals surface area contributed by atoms with E-state index in [0.29, 0.717) is 46.5 Å². The van der Waals surface area contributed by atoms with E-state index in [0.717, 1.165) is 21.9 Å². The maximum Gasteiger partial charge on any atom is 0.146 e. The lowest BCUT2D eigenvalue weighted by atomic mass is 9.89. The Hall–Kier alpha value is -2.77. The molecule has 0 N–H and O–H groups in total. The molecule has 44 heavy (non-hydrogen) atoms. The Morgan fingerprint density at radius 3 is 1.14 bits per heavy atom. The highest BCUT2D eigenvalue weighted by Gasteiger charge is 2.43. The monoisotopic (exact) mass is 620 g/mol. The van der Waals surface area contributed by atoms with E-state index < -0.39 is 16.1 Å². The Labute approximate surface area is 268 Å². The van der Waals surface area contributed by atoms with Crippen molar-refractivity contribution in [3.8, 4) is 22.9 Å². The zero-order chi connectivity index (χ0) is 32.1. The van der Waals surface area contributed by atoms with Crippen LogP contribution < -0.4 is 0 Å². The molecule has 0 bridgehead atoms. The SMILES string of the molecule is CC(C)[Si](C#Cc1c2cc3c(cc2c(C#C[Si](C(C)C)(C(C)C)C(C)C)c2cc4cocc4cc12)COC3)(C(C)C)C(C)C. The number of furan rings is 1. The summed E-state index contributed by atoms with van der Waals surface area (Å²) in [5, 5.41) is 7.02. The third kappa shape index (κ3) is 5.18. The van der Waals surface area contributed by atoms with Gasteiger partial charge in [0.25, 0.3) is 0 Å². The molecule has 0 radical (unpaired) electrons. The van der Waals surface area contributed by atoms with Gasteiger partial charge in [-0.1, -0.05) is 94.9 Å². The number of ether oxygens (including phenoxy) is 1. The second-order valence-corrected chi connectivity index (χ2v) is 26.3. The molecule has 232 valence electrons. The molecule has 3 aromatic carbocycles. The van der Waals surface area contributed by atoms with Crippen molar-refractivity contribution in [2.75, 3.05) is 0 Å². The normalized spacial score (nSPS) is 14.0. The quantitative estimate of drug-likeness (QED) is 0.122. The first-order chi connectivity index (χ1) is 20.7. The van der Waals surface area contributed by atoms with Crippen molar-refractivity contribution in [3.63, 3.8) is 0 Å². The topological polar surface area (TPSA) is 22.4 Å². The van der Waals surface area contributed by atoms with Crippen molar-refractivity contribution in [2.45, 2.75) is 130 Å². The van der Waals surface area contributed by atoms with E-state index >= 15 is 0 Å². The van der Waals surface area contributed by atoms with Crippen LogP contribution in [-0.2, 0) is 18.0 Å². The summed E-state index contributed by atoms with van der Waals surface area (Å²) in [4.78, 5) is 0. The van der Waals surface area contributed by atoms with Crippen molar-refractivity contribution in [2.24, 2.45) is 0 Å². The number of benzene rings is 3. The van der Waals surface area contributed by atoms with Crippen LogP contribution in [0.3, 0.4) is 0 Å². The molecular weight excluding hydrogens is 569 g/mol. The molecule has 0 fully saturated rings. The van der Waals surface area contributed by atoms with Gasteiger partial charge in [-0.15, -0.1) is 11.1 Å². The number of hydrogen-bond acceptors (Lipinski definition) is 2. The second-order valence-electron chi connectivity index (χ2n) is 15.1. The highest BCUT2D eigenvalue weighted by atomic mass is 28.3. The molecule has 0 aliphatic carbocycles. The standard InChI is InChI=1S/C40H52O2Si2/c1-25(2)43(26(3)4,27(5)6)15-13-35-37-17-31-21-41-23-33(31)19-39(37)36(14-16-44(28(7)8,29(9)10)30(11)12)40-20-34-24-42-22-32(34)18-38(35)40/h17-21,23,25-30H,22,24H2,1-12H3. The summed E-state index contributed by atoms with van der Waals surface area (Å²) in [6, 6.07) is 9.34. The predicted octanol–water partition coefficient (Wildman–Crippen LogP) is 11.9. The van der Waals surface area contributed by atoms with Gasteiger partial charge in [0, 0.05) is 21.9 Å². The van der Waals surface area contributed by atoms with Crippen LogP contribution in [-0.4, -0.2) is 16.1 Å². The average molecular weight is 621 g/mol. The van der Waals surface area contributed by atoms with Crippen LogP contribution in [0.5, 0.6) is 0 Å². The van der Waals surface area contributed by atoms with Crippen molar-refractivity contribution >= 4 is 48.5 Å². The zero-order valence-corrected chi connectivity index (χ0v) is 31.2. The van der Waals surface area contributed by atoms with Crippen molar-refractivity contribution in [3.05, 3.63) is 59.0 Å². The molecule has 0 saturated heterocycles. The van der Waals surface area contributed by atoms with Gasteiger partial charge in [0.2, 0.25) is 0 Å². The van der Waals surface area contributed by atoms with Gasteiger partial charge < -0.3 is 9.15 Å². The molecule has 0 saturated carbocycles. The van der Waals surface area contributed by atoms with Crippen molar-refractivity contribution in [1.82, 2.24) is 0 Å². The van der Waals surface area contributed by atoms with Crippen LogP contribution in [0.4, 0.5) is 0 Å². The molecule has 0 amide bonds. The van der Waals surface area contributed by atoms with Gasteiger partial charge in [-0.3, -0.25) is 0 Å². The molecule has 4 aromatic rings. The van der Waals surface area contributed by atoms with E-state index in [1.165, 1.54) is 32.7 Å². The van der Waals surface area contributed by atoms with E-state index in [1.54, 1.807) is 0 Å². The Balaban J connectivity index is 1.96. The van der Waals surface area contributed by atoms with Crippen LogP contribution in [0.1, 0.15) is 105 Å². The first-order valence-electron chi connectivity index (χ1n) is 16.8. The van der Waals surface area contributed by atoms with Crippen molar-refractivity contribution < 1.29 is 9.15 Å². The molecule has 1 aliphatic rings. The predicted molar refractivity (Wildman–Crippen MR) is 196 cm³/mol. The minimum atomic E-state index is -1.96. The molecule has 1 aliphatic heterocycles. The first-order valence-corrected chi connectivity index (χ1v) is 21.3. The Bertz CT molecular complexity index is 1660. The summed E-state index contributed by atoms with van der Waals surface area (Å²) in [6.45, 7) is 30.0. The maximum absolute atomic E-state index is 5.96. The lowest BCUT2D eigenvalue weighted by molar-refractivity contribution is 0.134. The van der Waals surface area contributed by atoms with Crippen LogP contribution in [0, 0.1) is 22.9 Å². The van der Waals surface area contributed by atoms with Crippen LogP contribution in [0.25, 0.3) is 32.3 Å². The first kappa shape index (κ1) is 32.6. The Morgan fingerprint density at radius 2 is 0.818 bits per heavy atom. The summed E-state index contributed by atoms with van der Waals surface area (Å²) >= 11 is 0. The lowest BCUT2D eigenvalue weighted by Gasteiger charge is -2.38. The van der Waals surface area contributed by atoms with Crippen LogP contribution >= 0.6 is 0 Å². The van der Waals surface area contributed by atoms with E-state index in [1.807, 2.05) is 12.5 Å². The average Bonchev–Trinajstić information content (AvgIpc) is 3.59. The fourth-order valence-electron chi connectivity index (χ4n) is 8.84. The summed E-state index contributed by atoms with van der Waals surface area (Å²) in [5.41, 5.74) is 16.4. The van der Waals surface area contributed by atoms with Gasteiger partial charge in [0.1, 0.15) is 16.1 Å². The highest BCUT2D eigenvalue weighted by Crippen LogP contribution is 2.44. The maximum atomic E-state index is 5.96. The molecule has 2 heterocycles. The minimum absolute atomic E-state index is 0.567. The smallest absolute Gasteiger partial charge is 0.146 e. The number of fused-ring (bicyclic) bond motifs is 4. The highest BCUT2D eigenvalue weighted by molar-refractivity contribution is 6.91. The summed E-state index contributed by atoms with van der Waals surface area (Å²) < 4.78 is 11.7. The second kappa shape index (κ2) is 12.2. The molecule has 0 atom stereocenters. The molecule has 1 aromatic heterocycles. The Morgan fingerprint density at radius 1 is 0.500 bits per heavy atom. The number of rotatable bonds is 6. The third-order valence-electron chi connectivity index (χ3n) is 11.1. The fourth-order valence-corrected chi connectivity index (χ4v) is 19.3. The van der Waals surface area contributed by atoms with Crippen LogP contribution in [0.2, 0.25) is 33.2 Å². The van der Waals surface area contributed by atoms with Crippen LogP contribution in [0.15, 0.2) is 41.2 Å². The Kier molecular flexibility index (Phi) is 9.05. The lowest BCUT2D eigenvalue weighted by Crippen LogP contribution is -2.43.